The van der Waals surface area contributed by atoms with Gasteiger partial charge in [-0.1, -0.05) is 71.1 Å². The average molecular weight is 580 g/mol. The van der Waals surface area contributed by atoms with Gasteiger partial charge in [-0.3, -0.25) is 14.4 Å². The zero-order chi connectivity index (χ0) is 27.3. The Morgan fingerprint density at radius 2 is 1.42 bits per heavy atom. The predicted octanol–water partition coefficient (Wildman–Crippen LogP) is 7.01. The summed E-state index contributed by atoms with van der Waals surface area (Å²) in [7, 11) is -2.73. The molecule has 0 aliphatic carbocycles. The van der Waals surface area contributed by atoms with E-state index in [1.165, 1.54) is 24.3 Å². The van der Waals surface area contributed by atoms with Crippen LogP contribution in [0.25, 0.3) is 10.1 Å². The maximum absolute atomic E-state index is 15.6. The van der Waals surface area contributed by atoms with Crippen molar-refractivity contribution in [3.05, 3.63) is 34.7 Å². The molecular weight excluding hydrogens is 547 g/mol. The third-order valence-corrected chi connectivity index (χ3v) is 9.78. The molecule has 0 aliphatic rings. The highest BCUT2D eigenvalue weighted by atomic mass is 32.2. The molecule has 0 atom stereocenters. The summed E-state index contributed by atoms with van der Waals surface area (Å²) in [6, 6.07) is 5.58. The van der Waals surface area contributed by atoms with E-state index in [0.29, 0.717) is 10.1 Å². The zero-order valence-electron chi connectivity index (χ0n) is 21.2. The quantitative estimate of drug-likeness (QED) is 0.226. The highest BCUT2D eigenvalue weighted by Gasteiger charge is 2.45. The summed E-state index contributed by atoms with van der Waals surface area (Å²) < 4.78 is 42.9. The Kier molecular flexibility index (Phi) is 10.9. The van der Waals surface area contributed by atoms with E-state index in [1.807, 2.05) is 0 Å². The normalized spacial score (nSPS) is 12.9. The fourth-order valence-electron chi connectivity index (χ4n) is 2.60. The number of hydrogen-bond donors (Lipinski definition) is 1. The van der Waals surface area contributed by atoms with Crippen LogP contribution in [0.4, 0.5) is 8.78 Å². The highest BCUT2D eigenvalue weighted by molar-refractivity contribution is 8.14. The molecule has 2 N–H and O–H groups in total. The van der Waals surface area contributed by atoms with Gasteiger partial charge < -0.3 is 14.8 Å². The van der Waals surface area contributed by atoms with E-state index < -0.39 is 30.8 Å². The van der Waals surface area contributed by atoms with Crippen LogP contribution in [0.15, 0.2) is 24.3 Å². The summed E-state index contributed by atoms with van der Waals surface area (Å²) in [5.74, 6) is -0.211. The molecule has 2 aromatic rings. The summed E-state index contributed by atoms with van der Waals surface area (Å²) >= 11 is 3.19. The number of thiophene rings is 1. The molecule has 2 rings (SSSR count). The second kappa shape index (κ2) is 12.6. The van der Waals surface area contributed by atoms with Crippen molar-refractivity contribution in [3.63, 3.8) is 0 Å². The molecule has 0 bridgehead atoms. The molecule has 36 heavy (non-hydrogen) atoms. The lowest BCUT2D eigenvalue weighted by Crippen LogP contribution is -2.19. The molecule has 200 valence electrons. The molecule has 1 aromatic heterocycles. The van der Waals surface area contributed by atoms with E-state index >= 15 is 8.78 Å². The van der Waals surface area contributed by atoms with Crippen molar-refractivity contribution in [1.29, 1.82) is 0 Å². The van der Waals surface area contributed by atoms with Gasteiger partial charge in [-0.15, -0.1) is 11.3 Å². The smallest absolute Gasteiger partial charge is 0.339 e. The maximum Gasteiger partial charge on any atom is 0.339 e. The third kappa shape index (κ3) is 8.74. The Morgan fingerprint density at radius 1 is 0.917 bits per heavy atom. The van der Waals surface area contributed by atoms with Crippen LogP contribution < -0.4 is 5.73 Å². The fraction of sp³-hybridized carbons (Fsp3) is 0.542. The van der Waals surface area contributed by atoms with Crippen molar-refractivity contribution in [1.82, 2.24) is 0 Å². The number of rotatable bonds is 11. The summed E-state index contributed by atoms with van der Waals surface area (Å²) in [5, 5.41) is 0.348. The molecule has 0 aliphatic heterocycles. The Balaban J connectivity index is 2.16. The second-order valence-corrected chi connectivity index (χ2v) is 14.8. The molecule has 0 unspecified atom stereocenters. The van der Waals surface area contributed by atoms with E-state index in [1.54, 1.807) is 41.5 Å². The average Bonchev–Trinajstić information content (AvgIpc) is 3.20. The number of alkyl halides is 2. The lowest BCUT2D eigenvalue weighted by Gasteiger charge is -2.26. The van der Waals surface area contributed by atoms with Crippen LogP contribution >= 0.6 is 43.2 Å². The van der Waals surface area contributed by atoms with Crippen molar-refractivity contribution < 1.29 is 32.2 Å². The Hall–Kier alpha value is -1.10. The summed E-state index contributed by atoms with van der Waals surface area (Å²) in [6.45, 7) is 10.5. The van der Waals surface area contributed by atoms with Crippen LogP contribution in [0.5, 0.6) is 0 Å². The first kappa shape index (κ1) is 31.1. The standard InChI is InChI=1S/C24H32F2NO5PS3/c1-22(2,3)20(29)34-11-9-31-33(32-10-12-35-21(30)23(4,5)6)24(25,26)16-7-8-17-15(13-16)14-18(36-17)19(27)28/h7-8,13-14H,9-12H2,1-6H3,(H2,27,28). The van der Waals surface area contributed by atoms with Gasteiger partial charge in [0.15, 0.2) is 10.2 Å². The number of amides is 1. The van der Waals surface area contributed by atoms with Crippen LogP contribution in [0, 0.1) is 10.8 Å². The van der Waals surface area contributed by atoms with Gasteiger partial charge in [0.05, 0.1) is 18.1 Å². The van der Waals surface area contributed by atoms with Crippen molar-refractivity contribution in [3.8, 4) is 0 Å². The monoisotopic (exact) mass is 579 g/mol. The van der Waals surface area contributed by atoms with Gasteiger partial charge in [0.1, 0.15) is 0 Å². The second-order valence-electron chi connectivity index (χ2n) is 9.96. The van der Waals surface area contributed by atoms with Gasteiger partial charge in [-0.2, -0.15) is 8.78 Å². The fourth-order valence-corrected chi connectivity index (χ4v) is 6.57. The zero-order valence-corrected chi connectivity index (χ0v) is 24.5. The first-order valence-corrected chi connectivity index (χ1v) is 15.1. The number of nitrogens with two attached hydrogens (primary N) is 1. The van der Waals surface area contributed by atoms with Crippen molar-refractivity contribution in [2.24, 2.45) is 16.6 Å². The van der Waals surface area contributed by atoms with Gasteiger partial charge in [0.25, 0.3) is 14.3 Å². The molecule has 0 fully saturated rings. The number of benzene rings is 1. The van der Waals surface area contributed by atoms with Crippen molar-refractivity contribution in [2.45, 2.75) is 47.2 Å². The number of primary amides is 1. The molecule has 6 nitrogen and oxygen atoms in total. The van der Waals surface area contributed by atoms with E-state index in [-0.39, 0.29) is 45.4 Å². The number of thioether (sulfide) groups is 2. The van der Waals surface area contributed by atoms with E-state index in [9.17, 15) is 14.4 Å². The molecule has 0 spiro atoms. The number of carbonyl (C=O) groups is 3. The summed E-state index contributed by atoms with van der Waals surface area (Å²) in [6.07, 6.45) is 0. The van der Waals surface area contributed by atoms with Gasteiger partial charge in [-0.05, 0) is 23.6 Å². The molecule has 1 aromatic carbocycles. The maximum atomic E-state index is 15.6. The number of fused-ring (bicyclic) bond motifs is 1. The minimum atomic E-state index is -3.48. The number of carbonyl (C=O) groups excluding carboxylic acids is 3. The first-order valence-electron chi connectivity index (χ1n) is 11.2. The van der Waals surface area contributed by atoms with Crippen LogP contribution in [-0.2, 0) is 24.3 Å². The van der Waals surface area contributed by atoms with Crippen molar-refractivity contribution >= 4 is 69.5 Å². The lowest BCUT2D eigenvalue weighted by molar-refractivity contribution is -0.118. The number of halogens is 2. The molecule has 0 radical (unpaired) electrons. The Labute approximate surface area is 224 Å². The molecule has 12 heteroatoms. The van der Waals surface area contributed by atoms with Gasteiger partial charge in [-0.25, -0.2) is 0 Å². The van der Waals surface area contributed by atoms with Crippen LogP contribution in [0.1, 0.15) is 56.8 Å². The Bertz CT molecular complexity index is 1060. The predicted molar refractivity (Wildman–Crippen MR) is 147 cm³/mol. The summed E-state index contributed by atoms with van der Waals surface area (Å²) in [4.78, 5) is 36.0. The largest absolute Gasteiger partial charge is 0.365 e. The molecule has 1 heterocycles. The highest BCUT2D eigenvalue weighted by Crippen LogP contribution is 2.60. The van der Waals surface area contributed by atoms with Crippen LogP contribution in [0.2, 0.25) is 0 Å². The first-order chi connectivity index (χ1) is 16.5. The van der Waals surface area contributed by atoms with Gasteiger partial charge in [0, 0.05) is 32.6 Å². The Morgan fingerprint density at radius 3 is 1.86 bits per heavy atom. The molecule has 0 saturated heterocycles. The van der Waals surface area contributed by atoms with E-state index in [2.05, 4.69) is 0 Å². The van der Waals surface area contributed by atoms with Crippen LogP contribution in [0.3, 0.4) is 0 Å². The molecule has 1 amide bonds. The summed E-state index contributed by atoms with van der Waals surface area (Å²) in [5.41, 5.74) is 0.428. The van der Waals surface area contributed by atoms with Crippen LogP contribution in [-0.4, -0.2) is 40.9 Å². The van der Waals surface area contributed by atoms with E-state index in [4.69, 9.17) is 14.8 Å². The van der Waals surface area contributed by atoms with Gasteiger partial charge in [0.2, 0.25) is 0 Å². The number of hydrogen-bond acceptors (Lipinski definition) is 8. The van der Waals surface area contributed by atoms with Crippen molar-refractivity contribution in [2.75, 3.05) is 24.7 Å². The third-order valence-electron chi connectivity index (χ3n) is 4.61. The molecule has 0 saturated carbocycles. The van der Waals surface area contributed by atoms with E-state index in [0.717, 1.165) is 34.9 Å². The SMILES string of the molecule is CC(C)(C)C(=O)SCCOP(OCCSC(=O)C(C)(C)C)C(F)(F)c1ccc2sc(C(N)=O)cc2c1. The van der Waals surface area contributed by atoms with Gasteiger partial charge >= 0.3 is 5.66 Å². The topological polar surface area (TPSA) is 95.7 Å². The molecular formula is C24H32F2NO5PS3. The minimum Gasteiger partial charge on any atom is -0.365 e. The lowest BCUT2D eigenvalue weighted by atomic mass is 9.99. The minimum absolute atomic E-state index is 0.0617.